The Morgan fingerprint density at radius 3 is 2.89 bits per heavy atom. The molecule has 1 amide bonds. The number of amides is 1. The molecule has 0 aliphatic carbocycles. The Kier molecular flexibility index (Phi) is 4.17. The summed E-state index contributed by atoms with van der Waals surface area (Å²) in [5, 5.41) is 13.7. The van der Waals surface area contributed by atoms with Crippen molar-refractivity contribution in [3.05, 3.63) is 51.2 Å². The number of hydrogen-bond donors (Lipinski definition) is 2. The lowest BCUT2D eigenvalue weighted by Crippen LogP contribution is -2.26. The number of nitriles is 1. The Bertz CT molecular complexity index is 634. The van der Waals surface area contributed by atoms with Gasteiger partial charge in [-0.1, -0.05) is 17.7 Å². The highest BCUT2D eigenvalue weighted by atomic mass is 35.5. The van der Waals surface area contributed by atoms with E-state index in [0.29, 0.717) is 16.3 Å². The van der Waals surface area contributed by atoms with Crippen molar-refractivity contribution >= 4 is 34.5 Å². The van der Waals surface area contributed by atoms with Gasteiger partial charge < -0.3 is 11.1 Å². The molecule has 4 nitrogen and oxygen atoms in total. The predicted octanol–water partition coefficient (Wildman–Crippen LogP) is 2.91. The van der Waals surface area contributed by atoms with Crippen LogP contribution in [-0.2, 0) is 4.79 Å². The van der Waals surface area contributed by atoms with Gasteiger partial charge in [-0.3, -0.25) is 4.79 Å². The molecule has 6 heteroatoms. The van der Waals surface area contributed by atoms with Gasteiger partial charge in [0.15, 0.2) is 0 Å². The highest BCUT2D eigenvalue weighted by Crippen LogP contribution is 2.22. The van der Waals surface area contributed by atoms with Crippen LogP contribution in [0.2, 0.25) is 5.02 Å². The molecule has 19 heavy (non-hydrogen) atoms. The summed E-state index contributed by atoms with van der Waals surface area (Å²) in [6.45, 7) is 0. The van der Waals surface area contributed by atoms with Gasteiger partial charge in [-0.15, -0.1) is 11.3 Å². The molecule has 1 heterocycles. The monoisotopic (exact) mass is 291 g/mol. The van der Waals surface area contributed by atoms with Gasteiger partial charge >= 0.3 is 0 Å². The number of nitrogens with one attached hydrogen (secondary N) is 1. The van der Waals surface area contributed by atoms with Crippen LogP contribution in [0.1, 0.15) is 16.5 Å². The minimum absolute atomic E-state index is 0.309. The number of anilines is 1. The maximum atomic E-state index is 12.0. The Balaban J connectivity index is 2.13. The molecule has 3 N–H and O–H groups in total. The molecular formula is C13H10ClN3OS. The van der Waals surface area contributed by atoms with Crippen molar-refractivity contribution in [2.75, 3.05) is 5.32 Å². The SMILES string of the molecule is N#Cc1cc(NC(=O)C(N)c2cccs2)ccc1Cl. The van der Waals surface area contributed by atoms with Crippen LogP contribution in [0.25, 0.3) is 0 Å². The summed E-state index contributed by atoms with van der Waals surface area (Å²) in [5.41, 5.74) is 6.65. The number of carbonyl (C=O) groups excluding carboxylic acids is 1. The fourth-order valence-electron chi connectivity index (χ4n) is 1.51. The number of rotatable bonds is 3. The van der Waals surface area contributed by atoms with Gasteiger partial charge in [0, 0.05) is 10.6 Å². The topological polar surface area (TPSA) is 78.9 Å². The van der Waals surface area contributed by atoms with Crippen molar-refractivity contribution in [3.8, 4) is 6.07 Å². The Morgan fingerprint density at radius 1 is 1.47 bits per heavy atom. The smallest absolute Gasteiger partial charge is 0.246 e. The lowest BCUT2D eigenvalue weighted by Gasteiger charge is -2.11. The van der Waals surface area contributed by atoms with E-state index in [9.17, 15) is 4.79 Å². The number of benzene rings is 1. The van der Waals surface area contributed by atoms with Crippen molar-refractivity contribution in [1.82, 2.24) is 0 Å². The summed E-state index contributed by atoms with van der Waals surface area (Å²) >= 11 is 7.24. The molecule has 96 valence electrons. The van der Waals surface area contributed by atoms with Crippen molar-refractivity contribution < 1.29 is 4.79 Å². The van der Waals surface area contributed by atoms with Gasteiger partial charge in [-0.2, -0.15) is 5.26 Å². The molecule has 0 bridgehead atoms. The summed E-state index contributed by atoms with van der Waals surface area (Å²) in [5.74, 6) is -0.325. The Morgan fingerprint density at radius 2 is 2.26 bits per heavy atom. The van der Waals surface area contributed by atoms with Crippen LogP contribution < -0.4 is 11.1 Å². The van der Waals surface area contributed by atoms with Crippen LogP contribution in [0.4, 0.5) is 5.69 Å². The van der Waals surface area contributed by atoms with E-state index < -0.39 is 6.04 Å². The molecule has 0 aliphatic heterocycles. The molecule has 0 saturated carbocycles. The lowest BCUT2D eigenvalue weighted by atomic mass is 10.2. The Hall–Kier alpha value is -1.87. The van der Waals surface area contributed by atoms with Crippen LogP contribution >= 0.6 is 22.9 Å². The van der Waals surface area contributed by atoms with Gasteiger partial charge in [0.2, 0.25) is 5.91 Å². The maximum Gasteiger partial charge on any atom is 0.246 e. The molecule has 0 aliphatic rings. The third-order valence-electron chi connectivity index (χ3n) is 2.49. The van der Waals surface area contributed by atoms with E-state index in [4.69, 9.17) is 22.6 Å². The van der Waals surface area contributed by atoms with E-state index in [1.54, 1.807) is 18.2 Å². The largest absolute Gasteiger partial charge is 0.324 e. The third kappa shape index (κ3) is 3.12. The first kappa shape index (κ1) is 13.6. The number of halogens is 1. The summed E-state index contributed by atoms with van der Waals surface area (Å²) in [6.07, 6.45) is 0. The zero-order chi connectivity index (χ0) is 13.8. The maximum absolute atomic E-state index is 12.0. The highest BCUT2D eigenvalue weighted by molar-refractivity contribution is 7.10. The first-order chi connectivity index (χ1) is 9.11. The molecule has 0 radical (unpaired) electrons. The van der Waals surface area contributed by atoms with E-state index in [-0.39, 0.29) is 5.91 Å². The molecule has 1 unspecified atom stereocenters. The van der Waals surface area contributed by atoms with E-state index in [0.717, 1.165) is 4.88 Å². The van der Waals surface area contributed by atoms with Crippen LogP contribution in [0.3, 0.4) is 0 Å². The number of nitrogens with two attached hydrogens (primary N) is 1. The predicted molar refractivity (Wildman–Crippen MR) is 76.0 cm³/mol. The van der Waals surface area contributed by atoms with E-state index in [1.807, 2.05) is 17.5 Å². The lowest BCUT2D eigenvalue weighted by molar-refractivity contribution is -0.117. The molecule has 0 spiro atoms. The summed E-state index contributed by atoms with van der Waals surface area (Å²) in [7, 11) is 0. The second kappa shape index (κ2) is 5.85. The summed E-state index contributed by atoms with van der Waals surface area (Å²) < 4.78 is 0. The fraction of sp³-hybridized carbons (Fsp3) is 0.0769. The van der Waals surface area contributed by atoms with Crippen molar-refractivity contribution in [2.45, 2.75) is 6.04 Å². The van der Waals surface area contributed by atoms with Crippen LogP contribution in [0.5, 0.6) is 0 Å². The summed E-state index contributed by atoms with van der Waals surface area (Å²) in [4.78, 5) is 12.7. The van der Waals surface area contributed by atoms with E-state index >= 15 is 0 Å². The molecule has 0 fully saturated rings. The molecule has 2 aromatic rings. The van der Waals surface area contributed by atoms with Crippen LogP contribution in [-0.4, -0.2) is 5.91 Å². The molecule has 1 aromatic carbocycles. The van der Waals surface area contributed by atoms with Crippen LogP contribution in [0.15, 0.2) is 35.7 Å². The zero-order valence-electron chi connectivity index (χ0n) is 9.76. The van der Waals surface area contributed by atoms with Crippen molar-refractivity contribution in [3.63, 3.8) is 0 Å². The number of carbonyl (C=O) groups is 1. The molecule has 0 saturated heterocycles. The van der Waals surface area contributed by atoms with Gasteiger partial charge in [0.25, 0.3) is 0 Å². The highest BCUT2D eigenvalue weighted by Gasteiger charge is 2.17. The first-order valence-corrected chi connectivity index (χ1v) is 6.67. The van der Waals surface area contributed by atoms with E-state index in [2.05, 4.69) is 5.32 Å². The quantitative estimate of drug-likeness (QED) is 0.912. The molecule has 1 atom stereocenters. The minimum atomic E-state index is -0.721. The van der Waals surface area contributed by atoms with Crippen LogP contribution in [0, 0.1) is 11.3 Å². The van der Waals surface area contributed by atoms with Gasteiger partial charge in [0.05, 0.1) is 10.6 Å². The zero-order valence-corrected chi connectivity index (χ0v) is 11.3. The van der Waals surface area contributed by atoms with Crippen molar-refractivity contribution in [2.24, 2.45) is 5.73 Å². The number of hydrogen-bond acceptors (Lipinski definition) is 4. The van der Waals surface area contributed by atoms with Gasteiger partial charge in [-0.25, -0.2) is 0 Å². The fourth-order valence-corrected chi connectivity index (χ4v) is 2.39. The average molecular weight is 292 g/mol. The van der Waals surface area contributed by atoms with Gasteiger partial charge in [-0.05, 0) is 29.6 Å². The van der Waals surface area contributed by atoms with Crippen molar-refractivity contribution in [1.29, 1.82) is 5.26 Å². The second-order valence-electron chi connectivity index (χ2n) is 3.79. The standard InChI is InChI=1S/C13H10ClN3OS/c14-10-4-3-9(6-8(10)7-15)17-13(18)12(16)11-2-1-5-19-11/h1-6,12H,16H2,(H,17,18). The molecule has 1 aromatic heterocycles. The number of thiophene rings is 1. The Labute approximate surface area is 119 Å². The summed E-state index contributed by atoms with van der Waals surface area (Å²) in [6, 6.07) is 9.58. The van der Waals surface area contributed by atoms with E-state index in [1.165, 1.54) is 17.4 Å². The molecule has 2 rings (SSSR count). The average Bonchev–Trinajstić information content (AvgIpc) is 2.94. The normalized spacial score (nSPS) is 11.6. The van der Waals surface area contributed by atoms with Gasteiger partial charge in [0.1, 0.15) is 12.1 Å². The third-order valence-corrected chi connectivity index (χ3v) is 3.77. The molecular weight excluding hydrogens is 282 g/mol. The minimum Gasteiger partial charge on any atom is -0.324 e. The second-order valence-corrected chi connectivity index (χ2v) is 5.18. The number of nitrogens with zero attached hydrogens (tertiary/aromatic N) is 1. The first-order valence-electron chi connectivity index (χ1n) is 5.41.